The van der Waals surface area contributed by atoms with Crippen molar-refractivity contribution in [1.82, 2.24) is 15.0 Å². The molecule has 0 radical (unpaired) electrons. The highest BCUT2D eigenvalue weighted by Gasteiger charge is 2.19. The summed E-state index contributed by atoms with van der Waals surface area (Å²) in [5, 5.41) is 10.7. The summed E-state index contributed by atoms with van der Waals surface area (Å²) in [7, 11) is 0. The Labute approximate surface area is 145 Å². The minimum absolute atomic E-state index is 0.0854. The average Bonchev–Trinajstić information content (AvgIpc) is 2.98. The molecule has 0 saturated carbocycles. The zero-order valence-corrected chi connectivity index (χ0v) is 13.8. The van der Waals surface area contributed by atoms with Gasteiger partial charge >= 0.3 is 0 Å². The molecule has 0 aliphatic heterocycles. The predicted octanol–water partition coefficient (Wildman–Crippen LogP) is 2.56. The number of rotatable bonds is 6. The van der Waals surface area contributed by atoms with Gasteiger partial charge in [-0.15, -0.1) is 5.10 Å². The van der Waals surface area contributed by atoms with Crippen LogP contribution >= 0.6 is 0 Å². The molecule has 25 heavy (non-hydrogen) atoms. The van der Waals surface area contributed by atoms with E-state index >= 15 is 0 Å². The van der Waals surface area contributed by atoms with E-state index in [-0.39, 0.29) is 11.5 Å². The van der Waals surface area contributed by atoms with E-state index in [9.17, 15) is 4.79 Å². The minimum Gasteiger partial charge on any atom is -0.492 e. The molecule has 0 aliphatic carbocycles. The second-order valence-corrected chi connectivity index (χ2v) is 5.35. The van der Waals surface area contributed by atoms with Crippen LogP contribution < -0.4 is 15.8 Å². The van der Waals surface area contributed by atoms with Gasteiger partial charge in [-0.3, -0.25) is 4.79 Å². The van der Waals surface area contributed by atoms with E-state index < -0.39 is 5.91 Å². The van der Waals surface area contributed by atoms with Crippen LogP contribution in [-0.4, -0.2) is 27.5 Å². The fraction of sp³-hybridized carbons (Fsp3) is 0.167. The van der Waals surface area contributed by atoms with Crippen molar-refractivity contribution in [2.75, 3.05) is 17.7 Å². The van der Waals surface area contributed by atoms with Gasteiger partial charge in [-0.05, 0) is 24.6 Å². The van der Waals surface area contributed by atoms with E-state index in [1.807, 2.05) is 49.4 Å². The van der Waals surface area contributed by atoms with Crippen molar-refractivity contribution >= 4 is 17.4 Å². The van der Waals surface area contributed by atoms with Crippen LogP contribution in [0.3, 0.4) is 0 Å². The van der Waals surface area contributed by atoms with Crippen LogP contribution in [0.25, 0.3) is 0 Å². The lowest BCUT2D eigenvalue weighted by Crippen LogP contribution is -2.16. The lowest BCUT2D eigenvalue weighted by Gasteiger charge is -2.10. The molecule has 7 heteroatoms. The SMILES string of the molecule is CCOc1ccccc1NC(=O)c1nnn(Cc2ccccc2)c1N. The first kappa shape index (κ1) is 16.5. The number of aromatic nitrogens is 3. The normalized spacial score (nSPS) is 10.4. The van der Waals surface area contributed by atoms with Crippen molar-refractivity contribution in [3.05, 3.63) is 65.9 Å². The van der Waals surface area contributed by atoms with E-state index in [0.717, 1.165) is 5.56 Å². The number of benzene rings is 2. The van der Waals surface area contributed by atoms with Gasteiger partial charge in [0.05, 0.1) is 18.8 Å². The van der Waals surface area contributed by atoms with Gasteiger partial charge in [0, 0.05) is 0 Å². The Morgan fingerprint density at radius 2 is 1.88 bits per heavy atom. The molecule has 7 nitrogen and oxygen atoms in total. The Balaban J connectivity index is 1.77. The average molecular weight is 337 g/mol. The maximum atomic E-state index is 12.5. The number of hydrogen-bond acceptors (Lipinski definition) is 5. The molecule has 2 aromatic carbocycles. The van der Waals surface area contributed by atoms with Crippen molar-refractivity contribution in [2.24, 2.45) is 0 Å². The van der Waals surface area contributed by atoms with E-state index in [1.54, 1.807) is 12.1 Å². The lowest BCUT2D eigenvalue weighted by molar-refractivity contribution is 0.102. The Hall–Kier alpha value is -3.35. The fourth-order valence-electron chi connectivity index (χ4n) is 2.39. The summed E-state index contributed by atoms with van der Waals surface area (Å²) >= 11 is 0. The predicted molar refractivity (Wildman–Crippen MR) is 95.5 cm³/mol. The molecule has 1 aromatic heterocycles. The summed E-state index contributed by atoms with van der Waals surface area (Å²) < 4.78 is 7.00. The number of nitrogens with zero attached hydrogens (tertiary/aromatic N) is 3. The number of nitrogens with one attached hydrogen (secondary N) is 1. The van der Waals surface area contributed by atoms with Crippen molar-refractivity contribution < 1.29 is 9.53 Å². The third-order valence-corrected chi connectivity index (χ3v) is 3.60. The van der Waals surface area contributed by atoms with Gasteiger partial charge in [-0.2, -0.15) is 0 Å². The summed E-state index contributed by atoms with van der Waals surface area (Å²) in [6.07, 6.45) is 0. The Bertz CT molecular complexity index is 861. The lowest BCUT2D eigenvalue weighted by atomic mass is 10.2. The van der Waals surface area contributed by atoms with E-state index in [1.165, 1.54) is 4.68 Å². The standard InChI is InChI=1S/C18H19N5O2/c1-2-25-15-11-7-6-10-14(15)20-18(24)16-17(19)23(22-21-16)12-13-8-4-3-5-9-13/h3-11H,2,12,19H2,1H3,(H,20,24). The number of hydrogen-bond donors (Lipinski definition) is 2. The highest BCUT2D eigenvalue weighted by atomic mass is 16.5. The van der Waals surface area contributed by atoms with Gasteiger partial charge in [0.1, 0.15) is 5.75 Å². The number of ether oxygens (including phenoxy) is 1. The van der Waals surface area contributed by atoms with Crippen LogP contribution in [0.15, 0.2) is 54.6 Å². The number of anilines is 2. The molecule has 0 fully saturated rings. The van der Waals surface area contributed by atoms with Crippen LogP contribution in [0.4, 0.5) is 11.5 Å². The van der Waals surface area contributed by atoms with Gasteiger partial charge in [-0.1, -0.05) is 47.7 Å². The summed E-state index contributed by atoms with van der Waals surface area (Å²) in [6.45, 7) is 2.83. The highest BCUT2D eigenvalue weighted by molar-refractivity contribution is 6.06. The number of amides is 1. The molecule has 0 atom stereocenters. The molecule has 3 N–H and O–H groups in total. The molecule has 128 valence electrons. The molecular formula is C18H19N5O2. The zero-order chi connectivity index (χ0) is 17.6. The molecule has 1 amide bonds. The van der Waals surface area contributed by atoms with Crippen LogP contribution in [0, 0.1) is 0 Å². The Morgan fingerprint density at radius 3 is 2.64 bits per heavy atom. The second-order valence-electron chi connectivity index (χ2n) is 5.35. The molecule has 1 heterocycles. The maximum absolute atomic E-state index is 12.5. The molecule has 0 aliphatic rings. The first-order valence-corrected chi connectivity index (χ1v) is 7.95. The fourth-order valence-corrected chi connectivity index (χ4v) is 2.39. The van der Waals surface area contributed by atoms with E-state index in [2.05, 4.69) is 15.6 Å². The largest absolute Gasteiger partial charge is 0.492 e. The molecule has 3 rings (SSSR count). The van der Waals surface area contributed by atoms with Gasteiger partial charge < -0.3 is 15.8 Å². The molecule has 0 bridgehead atoms. The number of para-hydroxylation sites is 2. The van der Waals surface area contributed by atoms with Gasteiger partial charge in [0.25, 0.3) is 5.91 Å². The number of nitrogens with two attached hydrogens (primary N) is 1. The first-order chi connectivity index (χ1) is 12.2. The second kappa shape index (κ2) is 7.48. The third-order valence-electron chi connectivity index (χ3n) is 3.60. The van der Waals surface area contributed by atoms with Crippen molar-refractivity contribution in [3.63, 3.8) is 0 Å². The molecule has 3 aromatic rings. The number of nitrogen functional groups attached to an aromatic ring is 1. The molecular weight excluding hydrogens is 318 g/mol. The summed E-state index contributed by atoms with van der Waals surface area (Å²) in [4.78, 5) is 12.5. The molecule has 0 saturated heterocycles. The highest BCUT2D eigenvalue weighted by Crippen LogP contribution is 2.24. The van der Waals surface area contributed by atoms with Crippen molar-refractivity contribution in [3.8, 4) is 5.75 Å². The smallest absolute Gasteiger partial charge is 0.280 e. The Kier molecular flexibility index (Phi) is 4.94. The number of carbonyl (C=O) groups excluding carboxylic acids is 1. The van der Waals surface area contributed by atoms with Crippen molar-refractivity contribution in [1.29, 1.82) is 0 Å². The Morgan fingerprint density at radius 1 is 1.16 bits per heavy atom. The quantitative estimate of drug-likeness (QED) is 0.721. The van der Waals surface area contributed by atoms with Crippen molar-refractivity contribution in [2.45, 2.75) is 13.5 Å². The third kappa shape index (κ3) is 3.77. The summed E-state index contributed by atoms with van der Waals surface area (Å²) in [6, 6.07) is 16.9. The maximum Gasteiger partial charge on any atom is 0.280 e. The van der Waals surface area contributed by atoms with Gasteiger partial charge in [-0.25, -0.2) is 4.68 Å². The van der Waals surface area contributed by atoms with Crippen LogP contribution in [0.1, 0.15) is 23.0 Å². The molecule has 0 spiro atoms. The van der Waals surface area contributed by atoms with E-state index in [0.29, 0.717) is 24.6 Å². The number of carbonyl (C=O) groups is 1. The monoisotopic (exact) mass is 337 g/mol. The summed E-state index contributed by atoms with van der Waals surface area (Å²) in [5.41, 5.74) is 7.72. The van der Waals surface area contributed by atoms with Crippen LogP contribution in [0.2, 0.25) is 0 Å². The van der Waals surface area contributed by atoms with Crippen LogP contribution in [0.5, 0.6) is 5.75 Å². The summed E-state index contributed by atoms with van der Waals surface area (Å²) in [5.74, 6) is 0.382. The zero-order valence-electron chi connectivity index (χ0n) is 13.8. The molecule has 0 unspecified atom stereocenters. The minimum atomic E-state index is -0.427. The van der Waals surface area contributed by atoms with Gasteiger partial charge in [0.15, 0.2) is 11.5 Å². The first-order valence-electron chi connectivity index (χ1n) is 7.95. The van der Waals surface area contributed by atoms with Gasteiger partial charge in [0.2, 0.25) is 0 Å². The van der Waals surface area contributed by atoms with E-state index in [4.69, 9.17) is 10.5 Å². The van der Waals surface area contributed by atoms with Crippen LogP contribution in [-0.2, 0) is 6.54 Å². The topological polar surface area (TPSA) is 95.1 Å².